The van der Waals surface area contributed by atoms with Gasteiger partial charge in [-0.05, 0) is 25.8 Å². The first kappa shape index (κ1) is 18.1. The fourth-order valence-corrected chi connectivity index (χ4v) is 1.88. The number of aliphatic hydroxyl groups excluding tert-OH is 2. The molecule has 4 heteroatoms. The molecule has 0 unspecified atom stereocenters. The van der Waals surface area contributed by atoms with Crippen molar-refractivity contribution in [3.8, 4) is 0 Å². The lowest BCUT2D eigenvalue weighted by molar-refractivity contribution is -0.125. The van der Waals surface area contributed by atoms with E-state index in [-0.39, 0.29) is 5.91 Å². The average molecular weight is 271 g/mol. The number of rotatable bonds is 10. The van der Waals surface area contributed by atoms with Crippen molar-refractivity contribution in [1.29, 1.82) is 0 Å². The van der Waals surface area contributed by atoms with Gasteiger partial charge in [0, 0.05) is 19.2 Å². The Morgan fingerprint density at radius 2 is 1.84 bits per heavy atom. The molecule has 1 amide bonds. The maximum Gasteiger partial charge on any atom is 0.246 e. The van der Waals surface area contributed by atoms with Gasteiger partial charge < -0.3 is 15.1 Å². The van der Waals surface area contributed by atoms with Crippen LogP contribution in [0.25, 0.3) is 0 Å². The third-order valence-corrected chi connectivity index (χ3v) is 3.12. The van der Waals surface area contributed by atoms with Crippen LogP contribution in [0.1, 0.15) is 52.9 Å². The number of unbranched alkanes of at least 4 members (excludes halogenated alkanes) is 2. The van der Waals surface area contributed by atoms with Crippen molar-refractivity contribution >= 4 is 5.91 Å². The lowest BCUT2D eigenvalue weighted by Gasteiger charge is -2.18. The van der Waals surface area contributed by atoms with E-state index in [1.807, 2.05) is 13.8 Å². The predicted octanol–water partition coefficient (Wildman–Crippen LogP) is 2.10. The summed E-state index contributed by atoms with van der Waals surface area (Å²) in [6.07, 6.45) is 5.54. The SMILES string of the molecule is CCCCC[C@@H](O)[C@H](O)/C=C/C(=O)N(CC)CCC. The van der Waals surface area contributed by atoms with Crippen molar-refractivity contribution in [3.05, 3.63) is 12.2 Å². The Labute approximate surface area is 117 Å². The summed E-state index contributed by atoms with van der Waals surface area (Å²) in [6.45, 7) is 7.42. The van der Waals surface area contributed by atoms with E-state index in [1.165, 1.54) is 12.2 Å². The third-order valence-electron chi connectivity index (χ3n) is 3.12. The maximum atomic E-state index is 11.8. The molecule has 0 rings (SSSR count). The smallest absolute Gasteiger partial charge is 0.246 e. The summed E-state index contributed by atoms with van der Waals surface area (Å²) in [5.74, 6) is -0.107. The molecule has 0 heterocycles. The lowest BCUT2D eigenvalue weighted by Crippen LogP contribution is -2.31. The molecule has 4 nitrogen and oxygen atoms in total. The zero-order valence-corrected chi connectivity index (χ0v) is 12.5. The molecular weight excluding hydrogens is 242 g/mol. The van der Waals surface area contributed by atoms with Gasteiger partial charge in [0.25, 0.3) is 0 Å². The molecule has 0 radical (unpaired) electrons. The van der Waals surface area contributed by atoms with Crippen molar-refractivity contribution in [2.75, 3.05) is 13.1 Å². The van der Waals surface area contributed by atoms with Crippen LogP contribution in [-0.4, -0.2) is 46.3 Å². The fourth-order valence-electron chi connectivity index (χ4n) is 1.88. The third kappa shape index (κ3) is 8.01. The topological polar surface area (TPSA) is 60.8 Å². The van der Waals surface area contributed by atoms with Crippen LogP contribution in [0, 0.1) is 0 Å². The molecule has 0 aliphatic heterocycles. The van der Waals surface area contributed by atoms with Gasteiger partial charge in [0.2, 0.25) is 5.91 Å². The summed E-state index contributed by atoms with van der Waals surface area (Å²) >= 11 is 0. The minimum absolute atomic E-state index is 0.107. The molecule has 0 bridgehead atoms. The van der Waals surface area contributed by atoms with Gasteiger partial charge in [0.1, 0.15) is 0 Å². The first-order valence-corrected chi connectivity index (χ1v) is 7.39. The van der Waals surface area contributed by atoms with E-state index in [0.29, 0.717) is 13.0 Å². The van der Waals surface area contributed by atoms with Crippen LogP contribution >= 0.6 is 0 Å². The summed E-state index contributed by atoms with van der Waals surface area (Å²) < 4.78 is 0. The van der Waals surface area contributed by atoms with Gasteiger partial charge in [-0.3, -0.25) is 4.79 Å². The molecule has 112 valence electrons. The highest BCUT2D eigenvalue weighted by Gasteiger charge is 2.14. The molecular formula is C15H29NO3. The van der Waals surface area contributed by atoms with Crippen LogP contribution in [0.15, 0.2) is 12.2 Å². The Hall–Kier alpha value is -0.870. The Morgan fingerprint density at radius 1 is 1.16 bits per heavy atom. The number of hydrogen-bond acceptors (Lipinski definition) is 3. The van der Waals surface area contributed by atoms with Crippen molar-refractivity contribution in [2.45, 2.75) is 65.1 Å². The average Bonchev–Trinajstić information content (AvgIpc) is 2.41. The Balaban J connectivity index is 4.17. The predicted molar refractivity (Wildman–Crippen MR) is 77.8 cm³/mol. The van der Waals surface area contributed by atoms with Crippen molar-refractivity contribution in [3.63, 3.8) is 0 Å². The quantitative estimate of drug-likeness (QED) is 0.472. The zero-order chi connectivity index (χ0) is 14.7. The van der Waals surface area contributed by atoms with Gasteiger partial charge in [-0.2, -0.15) is 0 Å². The highest BCUT2D eigenvalue weighted by atomic mass is 16.3. The van der Waals surface area contributed by atoms with E-state index in [2.05, 4.69) is 6.92 Å². The number of carbonyl (C=O) groups is 1. The second-order valence-electron chi connectivity index (χ2n) is 4.83. The minimum atomic E-state index is -0.957. The number of nitrogens with zero attached hydrogens (tertiary/aromatic N) is 1. The Morgan fingerprint density at radius 3 is 2.37 bits per heavy atom. The van der Waals surface area contributed by atoms with E-state index in [9.17, 15) is 15.0 Å². The largest absolute Gasteiger partial charge is 0.390 e. The summed E-state index contributed by atoms with van der Waals surface area (Å²) in [4.78, 5) is 13.5. The monoisotopic (exact) mass is 271 g/mol. The summed E-state index contributed by atoms with van der Waals surface area (Å²) in [5, 5.41) is 19.5. The normalized spacial score (nSPS) is 14.6. The second-order valence-corrected chi connectivity index (χ2v) is 4.83. The van der Waals surface area contributed by atoms with Crippen LogP contribution < -0.4 is 0 Å². The number of aliphatic hydroxyl groups is 2. The van der Waals surface area contributed by atoms with Crippen molar-refractivity contribution in [2.24, 2.45) is 0 Å². The molecule has 0 aromatic rings. The van der Waals surface area contributed by atoms with E-state index in [1.54, 1.807) is 4.90 Å². The van der Waals surface area contributed by atoms with Crippen molar-refractivity contribution in [1.82, 2.24) is 4.90 Å². The molecule has 0 aliphatic carbocycles. The second kappa shape index (κ2) is 11.0. The molecule has 0 aliphatic rings. The zero-order valence-electron chi connectivity index (χ0n) is 12.5. The molecule has 0 saturated carbocycles. The molecule has 0 fully saturated rings. The van der Waals surface area contributed by atoms with Gasteiger partial charge >= 0.3 is 0 Å². The highest BCUT2D eigenvalue weighted by Crippen LogP contribution is 2.08. The van der Waals surface area contributed by atoms with E-state index in [0.717, 1.165) is 32.2 Å². The van der Waals surface area contributed by atoms with E-state index < -0.39 is 12.2 Å². The summed E-state index contributed by atoms with van der Waals surface area (Å²) in [6, 6.07) is 0. The number of carbonyl (C=O) groups excluding carboxylic acids is 1. The van der Waals surface area contributed by atoms with Gasteiger partial charge in [-0.15, -0.1) is 0 Å². The molecule has 0 saturated heterocycles. The summed E-state index contributed by atoms with van der Waals surface area (Å²) in [5.41, 5.74) is 0. The van der Waals surface area contributed by atoms with Crippen LogP contribution in [0.2, 0.25) is 0 Å². The standard InChI is InChI=1S/C15H29NO3/c1-4-7-8-9-13(17)14(18)10-11-15(19)16(6-3)12-5-2/h10-11,13-14,17-18H,4-9,12H2,1-3H3/b11-10+/t13-,14-/m1/s1. The van der Waals surface area contributed by atoms with E-state index in [4.69, 9.17) is 0 Å². The molecule has 2 atom stereocenters. The first-order valence-electron chi connectivity index (χ1n) is 7.39. The molecule has 0 aromatic carbocycles. The van der Waals surface area contributed by atoms with Gasteiger partial charge in [0.05, 0.1) is 12.2 Å². The van der Waals surface area contributed by atoms with Crippen molar-refractivity contribution < 1.29 is 15.0 Å². The molecule has 19 heavy (non-hydrogen) atoms. The maximum absolute atomic E-state index is 11.8. The van der Waals surface area contributed by atoms with Crippen LogP contribution in [0.4, 0.5) is 0 Å². The summed E-state index contributed by atoms with van der Waals surface area (Å²) in [7, 11) is 0. The number of hydrogen-bond donors (Lipinski definition) is 2. The number of amides is 1. The Bertz CT molecular complexity index is 266. The van der Waals surface area contributed by atoms with Crippen LogP contribution in [0.5, 0.6) is 0 Å². The first-order chi connectivity index (χ1) is 9.06. The molecule has 2 N–H and O–H groups in total. The lowest BCUT2D eigenvalue weighted by atomic mass is 10.1. The molecule has 0 spiro atoms. The minimum Gasteiger partial charge on any atom is -0.390 e. The molecule has 0 aromatic heterocycles. The van der Waals surface area contributed by atoms with Gasteiger partial charge in [-0.1, -0.05) is 33.1 Å². The number of likely N-dealkylation sites (N-methyl/N-ethyl adjacent to an activating group) is 1. The van der Waals surface area contributed by atoms with Gasteiger partial charge in [0.15, 0.2) is 0 Å². The van der Waals surface area contributed by atoms with Crippen LogP contribution in [-0.2, 0) is 4.79 Å². The fraction of sp³-hybridized carbons (Fsp3) is 0.800. The van der Waals surface area contributed by atoms with E-state index >= 15 is 0 Å². The van der Waals surface area contributed by atoms with Crippen LogP contribution in [0.3, 0.4) is 0 Å². The highest BCUT2D eigenvalue weighted by molar-refractivity contribution is 5.87. The Kier molecular flexibility index (Phi) is 10.5. The van der Waals surface area contributed by atoms with Gasteiger partial charge in [-0.25, -0.2) is 0 Å².